The average molecular weight is 227 g/mol. The van der Waals surface area contributed by atoms with Crippen molar-refractivity contribution in [2.75, 3.05) is 26.2 Å². The maximum atomic E-state index is 12.3. The molecule has 1 heterocycles. The fourth-order valence-electron chi connectivity index (χ4n) is 2.08. The van der Waals surface area contributed by atoms with E-state index in [4.69, 9.17) is 5.73 Å². The summed E-state index contributed by atoms with van der Waals surface area (Å²) in [6, 6.07) is 0. The van der Waals surface area contributed by atoms with Gasteiger partial charge in [0.2, 0.25) is 11.8 Å². The van der Waals surface area contributed by atoms with Gasteiger partial charge in [0.15, 0.2) is 0 Å². The van der Waals surface area contributed by atoms with Gasteiger partial charge in [-0.15, -0.1) is 0 Å². The van der Waals surface area contributed by atoms with Crippen LogP contribution in [-0.2, 0) is 9.59 Å². The highest BCUT2D eigenvalue weighted by molar-refractivity contribution is 5.89. The third-order valence-electron chi connectivity index (χ3n) is 3.52. The highest BCUT2D eigenvalue weighted by Gasteiger charge is 2.38. The topological polar surface area (TPSA) is 75.4 Å². The molecule has 0 unspecified atom stereocenters. The first kappa shape index (κ1) is 13.0. The molecule has 0 aliphatic carbocycles. The third-order valence-corrected chi connectivity index (χ3v) is 3.52. The Morgan fingerprint density at radius 2 is 2.12 bits per heavy atom. The fourth-order valence-corrected chi connectivity index (χ4v) is 2.08. The van der Waals surface area contributed by atoms with E-state index in [0.29, 0.717) is 19.6 Å². The van der Waals surface area contributed by atoms with Crippen LogP contribution >= 0.6 is 0 Å². The van der Waals surface area contributed by atoms with Crippen LogP contribution in [0.1, 0.15) is 26.7 Å². The van der Waals surface area contributed by atoms with Crippen LogP contribution in [-0.4, -0.2) is 42.9 Å². The Morgan fingerprint density at radius 3 is 2.56 bits per heavy atom. The summed E-state index contributed by atoms with van der Waals surface area (Å²) in [6.07, 6.45) is 1.44. The highest BCUT2D eigenvalue weighted by Crippen LogP contribution is 2.27. The highest BCUT2D eigenvalue weighted by atomic mass is 16.2. The first-order valence-electron chi connectivity index (χ1n) is 5.85. The number of nitrogens with one attached hydrogen (secondary N) is 1. The minimum Gasteiger partial charge on any atom is -0.353 e. The van der Waals surface area contributed by atoms with E-state index in [1.54, 1.807) is 4.90 Å². The first-order chi connectivity index (χ1) is 7.59. The zero-order valence-electron chi connectivity index (χ0n) is 10.1. The van der Waals surface area contributed by atoms with Crippen LogP contribution in [0.15, 0.2) is 0 Å². The summed E-state index contributed by atoms with van der Waals surface area (Å²) in [7, 11) is 0. The lowest BCUT2D eigenvalue weighted by Gasteiger charge is -2.36. The number of nitrogens with two attached hydrogens (primary N) is 1. The van der Waals surface area contributed by atoms with Crippen molar-refractivity contribution in [1.82, 2.24) is 10.2 Å². The van der Waals surface area contributed by atoms with Crippen molar-refractivity contribution in [2.24, 2.45) is 11.1 Å². The number of amides is 2. The molecule has 92 valence electrons. The van der Waals surface area contributed by atoms with Crippen LogP contribution < -0.4 is 11.1 Å². The van der Waals surface area contributed by atoms with E-state index in [1.807, 2.05) is 13.8 Å². The molecule has 5 nitrogen and oxygen atoms in total. The molecule has 1 rings (SSSR count). The Bertz CT molecular complexity index is 266. The van der Waals surface area contributed by atoms with Gasteiger partial charge >= 0.3 is 0 Å². The molecule has 0 radical (unpaired) electrons. The molecular formula is C11H21N3O2. The lowest BCUT2D eigenvalue weighted by Crippen LogP contribution is -2.55. The molecule has 1 saturated heterocycles. The first-order valence-corrected chi connectivity index (χ1v) is 5.85. The molecule has 0 saturated carbocycles. The summed E-state index contributed by atoms with van der Waals surface area (Å²) in [5, 5.41) is 2.71. The summed E-state index contributed by atoms with van der Waals surface area (Å²) < 4.78 is 0. The molecule has 1 fully saturated rings. The van der Waals surface area contributed by atoms with Gasteiger partial charge in [0, 0.05) is 19.6 Å². The maximum absolute atomic E-state index is 12.3. The molecule has 2 amide bonds. The molecule has 0 aromatic heterocycles. The minimum absolute atomic E-state index is 0.0230. The largest absolute Gasteiger partial charge is 0.353 e. The Balaban J connectivity index is 2.77. The smallest absolute Gasteiger partial charge is 0.239 e. The number of carbonyl (C=O) groups is 2. The summed E-state index contributed by atoms with van der Waals surface area (Å²) in [5.41, 5.74) is 5.23. The Morgan fingerprint density at radius 1 is 1.50 bits per heavy atom. The fraction of sp³-hybridized carbons (Fsp3) is 0.818. The van der Waals surface area contributed by atoms with Crippen molar-refractivity contribution in [2.45, 2.75) is 26.7 Å². The number of carbonyl (C=O) groups excluding carboxylic acids is 2. The predicted molar refractivity (Wildman–Crippen MR) is 61.7 cm³/mol. The zero-order valence-corrected chi connectivity index (χ0v) is 10.1. The molecule has 0 bridgehead atoms. The molecule has 1 aliphatic heterocycles. The standard InChI is InChI=1S/C11H21N3O2/c1-3-11(4-2,8-12)10(16)14-6-5-13-9(15)7-14/h3-8,12H2,1-2H3,(H,13,15). The third kappa shape index (κ3) is 2.35. The number of piperazine rings is 1. The summed E-state index contributed by atoms with van der Waals surface area (Å²) in [5.74, 6) is -0.0624. The number of nitrogens with zero attached hydrogens (tertiary/aromatic N) is 1. The van der Waals surface area contributed by atoms with Crippen LogP contribution in [0.25, 0.3) is 0 Å². The second kappa shape index (κ2) is 5.30. The van der Waals surface area contributed by atoms with E-state index < -0.39 is 5.41 Å². The molecule has 0 spiro atoms. The minimum atomic E-state index is -0.488. The second-order valence-corrected chi connectivity index (χ2v) is 4.27. The molecular weight excluding hydrogens is 206 g/mol. The Labute approximate surface area is 96.4 Å². The van der Waals surface area contributed by atoms with E-state index in [1.165, 1.54) is 0 Å². The van der Waals surface area contributed by atoms with Gasteiger partial charge in [-0.2, -0.15) is 0 Å². The molecule has 0 atom stereocenters. The predicted octanol–water partition coefficient (Wildman–Crippen LogP) is -0.290. The lowest BCUT2D eigenvalue weighted by atomic mass is 9.81. The van der Waals surface area contributed by atoms with E-state index in [-0.39, 0.29) is 18.4 Å². The van der Waals surface area contributed by atoms with Crippen LogP contribution in [0.5, 0.6) is 0 Å². The van der Waals surface area contributed by atoms with E-state index >= 15 is 0 Å². The van der Waals surface area contributed by atoms with Gasteiger partial charge in [-0.1, -0.05) is 13.8 Å². The van der Waals surface area contributed by atoms with Gasteiger partial charge in [-0.25, -0.2) is 0 Å². The van der Waals surface area contributed by atoms with E-state index in [0.717, 1.165) is 12.8 Å². The SMILES string of the molecule is CCC(CC)(CN)C(=O)N1CCNC(=O)C1. The van der Waals surface area contributed by atoms with Gasteiger partial charge in [0.1, 0.15) is 0 Å². The summed E-state index contributed by atoms with van der Waals surface area (Å²) in [4.78, 5) is 25.2. The number of rotatable bonds is 4. The van der Waals surface area contributed by atoms with E-state index in [2.05, 4.69) is 5.32 Å². The Hall–Kier alpha value is -1.10. The maximum Gasteiger partial charge on any atom is 0.239 e. The molecule has 5 heteroatoms. The van der Waals surface area contributed by atoms with Gasteiger partial charge in [-0.05, 0) is 12.8 Å². The number of hydrogen-bond acceptors (Lipinski definition) is 3. The molecule has 16 heavy (non-hydrogen) atoms. The van der Waals surface area contributed by atoms with Gasteiger partial charge in [-0.3, -0.25) is 9.59 Å². The Kier molecular flexibility index (Phi) is 4.29. The lowest BCUT2D eigenvalue weighted by molar-refractivity contribution is -0.146. The van der Waals surface area contributed by atoms with Crippen LogP contribution in [0.2, 0.25) is 0 Å². The van der Waals surface area contributed by atoms with Gasteiger partial charge in [0.05, 0.1) is 12.0 Å². The molecule has 0 aromatic rings. The van der Waals surface area contributed by atoms with Crippen molar-refractivity contribution in [3.05, 3.63) is 0 Å². The average Bonchev–Trinajstić information content (AvgIpc) is 2.32. The number of hydrogen-bond donors (Lipinski definition) is 2. The van der Waals surface area contributed by atoms with E-state index in [9.17, 15) is 9.59 Å². The van der Waals surface area contributed by atoms with Crippen molar-refractivity contribution in [3.63, 3.8) is 0 Å². The van der Waals surface area contributed by atoms with Crippen LogP contribution in [0.3, 0.4) is 0 Å². The van der Waals surface area contributed by atoms with Crippen molar-refractivity contribution in [3.8, 4) is 0 Å². The van der Waals surface area contributed by atoms with Gasteiger partial charge < -0.3 is 16.0 Å². The monoisotopic (exact) mass is 227 g/mol. The molecule has 3 N–H and O–H groups in total. The van der Waals surface area contributed by atoms with Gasteiger partial charge in [0.25, 0.3) is 0 Å². The normalized spacial score (nSPS) is 17.2. The summed E-state index contributed by atoms with van der Waals surface area (Å²) >= 11 is 0. The zero-order chi connectivity index (χ0) is 12.2. The quantitative estimate of drug-likeness (QED) is 0.693. The second-order valence-electron chi connectivity index (χ2n) is 4.27. The van der Waals surface area contributed by atoms with Crippen molar-refractivity contribution in [1.29, 1.82) is 0 Å². The molecule has 1 aliphatic rings. The van der Waals surface area contributed by atoms with Crippen molar-refractivity contribution < 1.29 is 9.59 Å². The van der Waals surface area contributed by atoms with Crippen molar-refractivity contribution >= 4 is 11.8 Å². The van der Waals surface area contributed by atoms with Crippen LogP contribution in [0, 0.1) is 5.41 Å². The molecule has 0 aromatic carbocycles. The van der Waals surface area contributed by atoms with Crippen LogP contribution in [0.4, 0.5) is 0 Å². The summed E-state index contributed by atoms with van der Waals surface area (Å²) in [6.45, 7) is 5.58.